The van der Waals surface area contributed by atoms with Gasteiger partial charge in [0.15, 0.2) is 0 Å². The molecule has 9 nitrogen and oxygen atoms in total. The summed E-state index contributed by atoms with van der Waals surface area (Å²) in [7, 11) is 1.64. The minimum absolute atomic E-state index is 0.00986. The monoisotopic (exact) mass is 483 g/mol. The highest BCUT2D eigenvalue weighted by Gasteiger charge is 2.30. The summed E-state index contributed by atoms with van der Waals surface area (Å²) in [6, 6.07) is 3.49. The zero-order valence-corrected chi connectivity index (χ0v) is 21.0. The number of carbonyl (C=O) groups is 3. The third kappa shape index (κ3) is 5.83. The molecule has 2 heterocycles. The van der Waals surface area contributed by atoms with Crippen molar-refractivity contribution < 1.29 is 19.1 Å². The average Bonchev–Trinajstić information content (AvgIpc) is 3.46. The van der Waals surface area contributed by atoms with Gasteiger partial charge in [-0.1, -0.05) is 19.3 Å². The molecule has 3 amide bonds. The molecule has 1 aliphatic carbocycles. The molecule has 1 aromatic carbocycles. The van der Waals surface area contributed by atoms with Gasteiger partial charge in [-0.05, 0) is 45.2 Å². The van der Waals surface area contributed by atoms with Crippen LogP contribution in [0.2, 0.25) is 0 Å². The largest absolute Gasteiger partial charge is 0.383 e. The molecule has 2 aliphatic rings. The second kappa shape index (κ2) is 11.2. The van der Waals surface area contributed by atoms with Crippen molar-refractivity contribution in [2.75, 3.05) is 25.6 Å². The fraction of sp³-hybridized carbons (Fsp3) is 0.615. The van der Waals surface area contributed by atoms with Crippen LogP contribution in [-0.4, -0.2) is 64.5 Å². The van der Waals surface area contributed by atoms with E-state index in [1.807, 2.05) is 24.5 Å². The van der Waals surface area contributed by atoms with Gasteiger partial charge in [0.2, 0.25) is 11.8 Å². The zero-order chi connectivity index (χ0) is 24.9. The number of benzene rings is 1. The molecule has 2 N–H and O–H groups in total. The fourth-order valence-electron chi connectivity index (χ4n) is 5.15. The summed E-state index contributed by atoms with van der Waals surface area (Å²) in [6.45, 7) is 5.43. The summed E-state index contributed by atoms with van der Waals surface area (Å²) in [6.07, 6.45) is 8.05. The highest BCUT2D eigenvalue weighted by atomic mass is 16.5. The molecule has 0 unspecified atom stereocenters. The summed E-state index contributed by atoms with van der Waals surface area (Å²) in [5, 5.41) is 6.02. The number of carbonyl (C=O) groups excluding carboxylic acids is 3. The highest BCUT2D eigenvalue weighted by molar-refractivity contribution is 6.08. The van der Waals surface area contributed by atoms with Gasteiger partial charge in [0.05, 0.1) is 29.5 Å². The summed E-state index contributed by atoms with van der Waals surface area (Å²) in [5.41, 5.74) is 2.46. The van der Waals surface area contributed by atoms with E-state index in [2.05, 4.69) is 15.6 Å². The maximum atomic E-state index is 14.0. The molecule has 35 heavy (non-hydrogen) atoms. The third-order valence-corrected chi connectivity index (χ3v) is 7.11. The Balaban J connectivity index is 1.67. The molecule has 9 heteroatoms. The van der Waals surface area contributed by atoms with Crippen LogP contribution in [0, 0.1) is 5.92 Å². The van der Waals surface area contributed by atoms with Crippen molar-refractivity contribution in [3.8, 4) is 0 Å². The number of hydrogen-bond acceptors (Lipinski definition) is 5. The van der Waals surface area contributed by atoms with E-state index >= 15 is 0 Å². The summed E-state index contributed by atoms with van der Waals surface area (Å²) < 4.78 is 7.18. The predicted octanol–water partition coefficient (Wildman–Crippen LogP) is 3.33. The van der Waals surface area contributed by atoms with Crippen LogP contribution in [0.4, 0.5) is 5.69 Å². The molecule has 1 saturated heterocycles. The van der Waals surface area contributed by atoms with Gasteiger partial charge in [-0.15, -0.1) is 0 Å². The summed E-state index contributed by atoms with van der Waals surface area (Å²) >= 11 is 0. The number of anilines is 1. The van der Waals surface area contributed by atoms with Crippen molar-refractivity contribution in [2.24, 2.45) is 5.92 Å². The van der Waals surface area contributed by atoms with Crippen molar-refractivity contribution in [3.63, 3.8) is 0 Å². The number of methoxy groups -OCH3 is 1. The first-order chi connectivity index (χ1) is 16.9. The minimum atomic E-state index is -0.140. The van der Waals surface area contributed by atoms with Gasteiger partial charge in [0, 0.05) is 50.3 Å². The maximum absolute atomic E-state index is 14.0. The number of aromatic nitrogens is 2. The smallest absolute Gasteiger partial charge is 0.256 e. The number of ether oxygens (including phenoxy) is 1. The number of rotatable bonds is 9. The van der Waals surface area contributed by atoms with Gasteiger partial charge in [0.25, 0.3) is 5.91 Å². The first kappa shape index (κ1) is 25.2. The molecule has 0 spiro atoms. The second-order valence-electron chi connectivity index (χ2n) is 10.0. The Labute approximate surface area is 206 Å². The van der Waals surface area contributed by atoms with Crippen LogP contribution in [0.3, 0.4) is 0 Å². The molecule has 190 valence electrons. The van der Waals surface area contributed by atoms with E-state index in [0.29, 0.717) is 49.3 Å². The van der Waals surface area contributed by atoms with Crippen LogP contribution < -0.4 is 10.6 Å². The number of nitrogens with zero attached hydrogens (tertiary/aromatic N) is 3. The average molecular weight is 484 g/mol. The first-order valence-corrected chi connectivity index (χ1v) is 12.8. The number of hydrogen-bond donors (Lipinski definition) is 2. The third-order valence-electron chi connectivity index (χ3n) is 7.11. The molecule has 2 aromatic rings. The molecule has 1 saturated carbocycles. The highest BCUT2D eigenvalue weighted by Crippen LogP contribution is 2.29. The van der Waals surface area contributed by atoms with Crippen LogP contribution in [0.15, 0.2) is 18.5 Å². The Hall–Kier alpha value is -2.94. The molecule has 1 aliphatic heterocycles. The van der Waals surface area contributed by atoms with Crippen LogP contribution in [0.5, 0.6) is 0 Å². The first-order valence-electron chi connectivity index (χ1n) is 12.8. The standard InChI is InChI=1S/C26H37N5O4/c1-17(2)31(15-19-9-10-23(32)28-19)26(34)21-13-20(29-25(33)18-7-5-4-6-8-18)14-22-24(21)30(16-27-22)11-12-35-3/h13-14,16-19H,4-12,15H2,1-3H3,(H,28,32)(H,29,33)/t19-/m1/s1. The van der Waals surface area contributed by atoms with Gasteiger partial charge in [0.1, 0.15) is 0 Å². The maximum Gasteiger partial charge on any atom is 0.256 e. The molecular formula is C26H37N5O4. The Kier molecular flexibility index (Phi) is 8.05. The quantitative estimate of drug-likeness (QED) is 0.569. The van der Waals surface area contributed by atoms with Crippen LogP contribution in [0.25, 0.3) is 11.0 Å². The van der Waals surface area contributed by atoms with Gasteiger partial charge < -0.3 is 24.8 Å². The van der Waals surface area contributed by atoms with E-state index < -0.39 is 0 Å². The van der Waals surface area contributed by atoms with Crippen molar-refractivity contribution in [2.45, 2.75) is 77.4 Å². The molecule has 1 atom stereocenters. The van der Waals surface area contributed by atoms with Gasteiger partial charge in [-0.2, -0.15) is 0 Å². The van der Waals surface area contributed by atoms with E-state index in [1.165, 1.54) is 6.42 Å². The molecule has 0 bridgehead atoms. The molecular weight excluding hydrogens is 446 g/mol. The van der Waals surface area contributed by atoms with Crippen molar-refractivity contribution >= 4 is 34.4 Å². The lowest BCUT2D eigenvalue weighted by molar-refractivity contribution is -0.121. The van der Waals surface area contributed by atoms with Gasteiger partial charge in [-0.25, -0.2) is 4.98 Å². The van der Waals surface area contributed by atoms with Crippen LogP contribution in [0.1, 0.15) is 69.2 Å². The molecule has 2 fully saturated rings. The Bertz CT molecular complexity index is 1070. The van der Waals surface area contributed by atoms with Crippen LogP contribution in [-0.2, 0) is 20.9 Å². The van der Waals surface area contributed by atoms with E-state index in [4.69, 9.17) is 4.74 Å². The number of imidazole rings is 1. The van der Waals surface area contributed by atoms with Crippen molar-refractivity contribution in [3.05, 3.63) is 24.0 Å². The molecule has 1 aromatic heterocycles. The second-order valence-corrected chi connectivity index (χ2v) is 10.0. The molecule has 0 radical (unpaired) electrons. The zero-order valence-electron chi connectivity index (χ0n) is 21.0. The number of nitrogens with one attached hydrogen (secondary N) is 2. The van der Waals surface area contributed by atoms with E-state index in [1.54, 1.807) is 24.4 Å². The topological polar surface area (TPSA) is 106 Å². The lowest BCUT2D eigenvalue weighted by Crippen LogP contribution is -2.45. The fourth-order valence-corrected chi connectivity index (χ4v) is 5.15. The summed E-state index contributed by atoms with van der Waals surface area (Å²) in [5.74, 6) is -0.0932. The van der Waals surface area contributed by atoms with Crippen molar-refractivity contribution in [1.29, 1.82) is 0 Å². The van der Waals surface area contributed by atoms with E-state index in [0.717, 1.165) is 31.2 Å². The minimum Gasteiger partial charge on any atom is -0.383 e. The number of fused-ring (bicyclic) bond motifs is 1. The molecule has 4 rings (SSSR count). The lowest BCUT2D eigenvalue weighted by Gasteiger charge is -2.30. The predicted molar refractivity (Wildman–Crippen MR) is 134 cm³/mol. The van der Waals surface area contributed by atoms with E-state index in [9.17, 15) is 14.4 Å². The van der Waals surface area contributed by atoms with Crippen LogP contribution >= 0.6 is 0 Å². The Morgan fingerprint density at radius 1 is 1.23 bits per heavy atom. The Morgan fingerprint density at radius 3 is 2.66 bits per heavy atom. The summed E-state index contributed by atoms with van der Waals surface area (Å²) in [4.78, 5) is 45.0. The SMILES string of the molecule is COCCn1cnc2cc(NC(=O)C3CCCCC3)cc(C(=O)N(C[C@H]3CCC(=O)N3)C(C)C)c21. The normalized spacial score (nSPS) is 18.7. The van der Waals surface area contributed by atoms with Gasteiger partial charge in [-0.3, -0.25) is 14.4 Å². The van der Waals surface area contributed by atoms with Crippen molar-refractivity contribution in [1.82, 2.24) is 19.8 Å². The Morgan fingerprint density at radius 2 is 2.00 bits per heavy atom. The van der Waals surface area contributed by atoms with Gasteiger partial charge >= 0.3 is 0 Å². The number of amides is 3. The van der Waals surface area contributed by atoms with E-state index in [-0.39, 0.29) is 35.7 Å². The lowest BCUT2D eigenvalue weighted by atomic mass is 9.88.